The molecule has 178 valence electrons. The van der Waals surface area contributed by atoms with Crippen molar-refractivity contribution >= 4 is 40.4 Å². The van der Waals surface area contributed by atoms with Gasteiger partial charge in [-0.3, -0.25) is 18.6 Å². The minimum atomic E-state index is -0.239. The van der Waals surface area contributed by atoms with Crippen LogP contribution in [0, 0.1) is 0 Å². The summed E-state index contributed by atoms with van der Waals surface area (Å²) >= 11 is 1.36. The van der Waals surface area contributed by atoms with Gasteiger partial charge in [-0.25, -0.2) is 0 Å². The average Bonchev–Trinajstić information content (AvgIpc) is 3.31. The number of benzene rings is 1. The number of thioether (sulfide) groups is 1. The lowest BCUT2D eigenvalue weighted by Gasteiger charge is -2.39. The second kappa shape index (κ2) is 9.37. The number of hydrogen-bond donors (Lipinski definition) is 1. The summed E-state index contributed by atoms with van der Waals surface area (Å²) < 4.78 is 3.90. The number of fused-ring (bicyclic) bond motifs is 3. The summed E-state index contributed by atoms with van der Waals surface area (Å²) in [7, 11) is 0. The monoisotopic (exact) mass is 470 g/mol. The fourth-order valence-electron chi connectivity index (χ4n) is 4.65. The van der Waals surface area contributed by atoms with Crippen LogP contribution in [0.1, 0.15) is 60.3 Å². The van der Waals surface area contributed by atoms with E-state index in [2.05, 4.69) is 36.3 Å². The van der Waals surface area contributed by atoms with Crippen LogP contribution in [0.5, 0.6) is 0 Å². The summed E-state index contributed by atoms with van der Waals surface area (Å²) in [6.07, 6.45) is 4.10. The van der Waals surface area contributed by atoms with Crippen molar-refractivity contribution in [3.8, 4) is 0 Å². The summed E-state index contributed by atoms with van der Waals surface area (Å²) in [4.78, 5) is 27.8. The number of likely N-dealkylation sites (tertiary alicyclic amines) is 1. The molecule has 0 aliphatic carbocycles. The van der Waals surface area contributed by atoms with Gasteiger partial charge in [-0.05, 0) is 65.5 Å². The molecule has 0 bridgehead atoms. The molecule has 0 radical (unpaired) electrons. The third-order valence-corrected chi connectivity index (χ3v) is 7.67. The van der Waals surface area contributed by atoms with Gasteiger partial charge in [0.25, 0.3) is 0 Å². The SMILES string of the molecule is CCC(C)(C)NC(=O)CSc1nnc2n(CC(=O)N3[C@H](C)CCC[C@H]3C)c3ccccc3n12. The Labute approximate surface area is 199 Å². The maximum absolute atomic E-state index is 13.3. The Balaban J connectivity index is 1.61. The highest BCUT2D eigenvalue weighted by Crippen LogP contribution is 2.28. The summed E-state index contributed by atoms with van der Waals surface area (Å²) in [6.45, 7) is 10.6. The molecule has 2 atom stereocenters. The van der Waals surface area contributed by atoms with Crippen molar-refractivity contribution in [1.29, 1.82) is 0 Å². The molecule has 3 aromatic rings. The van der Waals surface area contributed by atoms with Crippen LogP contribution in [0.3, 0.4) is 0 Å². The molecule has 8 nitrogen and oxygen atoms in total. The summed E-state index contributed by atoms with van der Waals surface area (Å²) in [5.74, 6) is 0.955. The minimum Gasteiger partial charge on any atom is -0.351 e. The van der Waals surface area contributed by atoms with Crippen molar-refractivity contribution < 1.29 is 9.59 Å². The van der Waals surface area contributed by atoms with Gasteiger partial charge in [0.1, 0.15) is 6.54 Å². The fourth-order valence-corrected chi connectivity index (χ4v) is 5.39. The lowest BCUT2D eigenvalue weighted by molar-refractivity contribution is -0.137. The van der Waals surface area contributed by atoms with Crippen molar-refractivity contribution in [1.82, 2.24) is 29.4 Å². The van der Waals surface area contributed by atoms with E-state index in [1.165, 1.54) is 11.8 Å². The van der Waals surface area contributed by atoms with E-state index in [1.807, 2.05) is 52.0 Å². The van der Waals surface area contributed by atoms with E-state index >= 15 is 0 Å². The maximum atomic E-state index is 13.3. The van der Waals surface area contributed by atoms with Gasteiger partial charge in [-0.1, -0.05) is 30.8 Å². The number of carbonyl (C=O) groups is 2. The van der Waals surface area contributed by atoms with E-state index in [9.17, 15) is 9.59 Å². The second-order valence-electron chi connectivity index (χ2n) is 9.70. The van der Waals surface area contributed by atoms with Gasteiger partial charge in [0.05, 0.1) is 16.8 Å². The molecule has 1 fully saturated rings. The van der Waals surface area contributed by atoms with E-state index in [0.717, 1.165) is 36.7 Å². The number of imidazole rings is 1. The quantitative estimate of drug-likeness (QED) is 0.530. The number of piperidine rings is 1. The highest BCUT2D eigenvalue weighted by molar-refractivity contribution is 7.99. The topological polar surface area (TPSA) is 84.5 Å². The van der Waals surface area contributed by atoms with Crippen molar-refractivity contribution in [2.24, 2.45) is 0 Å². The van der Waals surface area contributed by atoms with Gasteiger partial charge >= 0.3 is 0 Å². The van der Waals surface area contributed by atoms with Gasteiger partial charge in [-0.2, -0.15) is 0 Å². The molecule has 0 saturated carbocycles. The lowest BCUT2D eigenvalue weighted by Crippen LogP contribution is -2.48. The van der Waals surface area contributed by atoms with Crippen LogP contribution in [-0.2, 0) is 16.1 Å². The smallest absolute Gasteiger partial charge is 0.243 e. The van der Waals surface area contributed by atoms with Crippen LogP contribution in [0.4, 0.5) is 0 Å². The standard InChI is InChI=1S/C24H34N6O2S/c1-6-24(4,5)25-20(31)15-33-23-27-26-22-28(18-12-7-8-13-19(18)30(22)23)14-21(32)29-16(2)10-9-11-17(29)3/h7-8,12-13,16-17H,6,9-11,14-15H2,1-5H3,(H,25,31)/t16-,17-/m1/s1. The molecule has 1 N–H and O–H groups in total. The molecule has 33 heavy (non-hydrogen) atoms. The van der Waals surface area contributed by atoms with E-state index in [4.69, 9.17) is 0 Å². The molecule has 4 rings (SSSR count). The first kappa shape index (κ1) is 23.6. The predicted molar refractivity (Wildman–Crippen MR) is 131 cm³/mol. The van der Waals surface area contributed by atoms with Crippen LogP contribution in [0.2, 0.25) is 0 Å². The first-order valence-corrected chi connectivity index (χ1v) is 12.8. The van der Waals surface area contributed by atoms with Gasteiger partial charge in [0.15, 0.2) is 5.16 Å². The predicted octanol–water partition coefficient (Wildman–Crippen LogP) is 3.87. The molecule has 1 aromatic carbocycles. The Morgan fingerprint density at radius 3 is 2.45 bits per heavy atom. The number of aromatic nitrogens is 4. The lowest BCUT2D eigenvalue weighted by atomic mass is 9.97. The first-order chi connectivity index (χ1) is 15.7. The third-order valence-electron chi connectivity index (χ3n) is 6.74. The molecular weight excluding hydrogens is 436 g/mol. The van der Waals surface area contributed by atoms with E-state index in [-0.39, 0.29) is 41.7 Å². The van der Waals surface area contributed by atoms with Crippen LogP contribution in [-0.4, -0.2) is 59.3 Å². The zero-order valence-electron chi connectivity index (χ0n) is 20.2. The normalized spacial score (nSPS) is 19.4. The number of hydrogen-bond acceptors (Lipinski definition) is 5. The highest BCUT2D eigenvalue weighted by atomic mass is 32.2. The zero-order valence-corrected chi connectivity index (χ0v) is 21.0. The Hall–Kier alpha value is -2.55. The van der Waals surface area contributed by atoms with Crippen molar-refractivity contribution in [2.45, 2.75) is 89.6 Å². The molecule has 0 unspecified atom stereocenters. The molecule has 2 aromatic heterocycles. The Morgan fingerprint density at radius 1 is 1.12 bits per heavy atom. The van der Waals surface area contributed by atoms with Crippen molar-refractivity contribution in [3.63, 3.8) is 0 Å². The Kier molecular flexibility index (Phi) is 6.70. The maximum Gasteiger partial charge on any atom is 0.243 e. The molecule has 1 aliphatic heterocycles. The number of para-hydroxylation sites is 2. The third kappa shape index (κ3) is 4.74. The van der Waals surface area contributed by atoms with Crippen LogP contribution in [0.15, 0.2) is 29.4 Å². The van der Waals surface area contributed by atoms with Gasteiger partial charge < -0.3 is 10.2 Å². The van der Waals surface area contributed by atoms with Gasteiger partial charge in [0.2, 0.25) is 17.6 Å². The van der Waals surface area contributed by atoms with Gasteiger partial charge in [0, 0.05) is 17.6 Å². The number of nitrogens with zero attached hydrogens (tertiary/aromatic N) is 5. The Morgan fingerprint density at radius 2 is 1.79 bits per heavy atom. The van der Waals surface area contributed by atoms with Crippen molar-refractivity contribution in [3.05, 3.63) is 24.3 Å². The molecular formula is C24H34N6O2S. The minimum absolute atomic E-state index is 0.0319. The molecule has 2 amide bonds. The largest absolute Gasteiger partial charge is 0.351 e. The molecule has 9 heteroatoms. The van der Waals surface area contributed by atoms with E-state index < -0.39 is 0 Å². The molecule has 1 aliphatic rings. The molecule has 3 heterocycles. The summed E-state index contributed by atoms with van der Waals surface area (Å²) in [6, 6.07) is 8.43. The molecule has 0 spiro atoms. The number of carbonyl (C=O) groups excluding carboxylic acids is 2. The van der Waals surface area contributed by atoms with Crippen LogP contribution < -0.4 is 5.32 Å². The van der Waals surface area contributed by atoms with Crippen molar-refractivity contribution in [2.75, 3.05) is 5.75 Å². The summed E-state index contributed by atoms with van der Waals surface area (Å²) in [5.41, 5.74) is 1.63. The average molecular weight is 471 g/mol. The van der Waals surface area contributed by atoms with Crippen LogP contribution in [0.25, 0.3) is 16.8 Å². The van der Waals surface area contributed by atoms with E-state index in [0.29, 0.717) is 10.9 Å². The Bertz CT molecular complexity index is 1160. The van der Waals surface area contributed by atoms with Gasteiger partial charge in [-0.15, -0.1) is 10.2 Å². The van der Waals surface area contributed by atoms with Crippen LogP contribution >= 0.6 is 11.8 Å². The molecule has 1 saturated heterocycles. The number of amides is 2. The zero-order chi connectivity index (χ0) is 23.8. The highest BCUT2D eigenvalue weighted by Gasteiger charge is 2.30. The number of rotatable bonds is 7. The van der Waals surface area contributed by atoms with E-state index in [1.54, 1.807) is 0 Å². The summed E-state index contributed by atoms with van der Waals surface area (Å²) in [5, 5.41) is 12.5. The first-order valence-electron chi connectivity index (χ1n) is 11.8. The number of nitrogens with one attached hydrogen (secondary N) is 1. The second-order valence-corrected chi connectivity index (χ2v) is 10.6. The fraction of sp³-hybridized carbons (Fsp3) is 0.583.